The predicted octanol–water partition coefficient (Wildman–Crippen LogP) is 0.443. The molecule has 1 aliphatic heterocycles. The summed E-state index contributed by atoms with van der Waals surface area (Å²) in [5, 5.41) is 14.5. The Morgan fingerprint density at radius 2 is 2.35 bits per heavy atom. The van der Waals surface area contributed by atoms with Crippen LogP contribution < -0.4 is 11.1 Å². The summed E-state index contributed by atoms with van der Waals surface area (Å²) in [5.74, 6) is -0.243. The summed E-state index contributed by atoms with van der Waals surface area (Å²) < 4.78 is 5.35. The van der Waals surface area contributed by atoms with Crippen molar-refractivity contribution in [3.05, 3.63) is 0 Å². The summed E-state index contributed by atoms with van der Waals surface area (Å²) in [6.45, 7) is 5.98. The molecule has 1 heterocycles. The molecule has 98 valence electrons. The number of oxime groups is 1. The molecule has 0 spiro atoms. The van der Waals surface area contributed by atoms with Crippen molar-refractivity contribution < 1.29 is 14.7 Å². The highest BCUT2D eigenvalue weighted by atomic mass is 16.5. The minimum absolute atomic E-state index is 0.0142. The molecule has 1 rings (SSSR count). The maximum Gasteiger partial charge on any atom is 0.226 e. The monoisotopic (exact) mass is 243 g/mol. The maximum atomic E-state index is 12.0. The van der Waals surface area contributed by atoms with Crippen LogP contribution >= 0.6 is 0 Å². The van der Waals surface area contributed by atoms with Gasteiger partial charge in [-0.05, 0) is 26.7 Å². The second-order valence-corrected chi connectivity index (χ2v) is 4.74. The minimum Gasteiger partial charge on any atom is -0.409 e. The predicted molar refractivity (Wildman–Crippen MR) is 63.8 cm³/mol. The molecule has 3 atom stereocenters. The Morgan fingerprint density at radius 3 is 2.76 bits per heavy atom. The van der Waals surface area contributed by atoms with Gasteiger partial charge in [-0.2, -0.15) is 0 Å². The second kappa shape index (κ2) is 5.35. The van der Waals surface area contributed by atoms with E-state index >= 15 is 0 Å². The van der Waals surface area contributed by atoms with Crippen LogP contribution in [-0.2, 0) is 9.53 Å². The molecular weight excluding hydrogens is 222 g/mol. The zero-order valence-corrected chi connectivity index (χ0v) is 10.6. The van der Waals surface area contributed by atoms with Crippen molar-refractivity contribution in [2.75, 3.05) is 6.61 Å². The number of hydrogen-bond donors (Lipinski definition) is 3. The third kappa shape index (κ3) is 3.09. The Balaban J connectivity index is 2.66. The zero-order valence-electron chi connectivity index (χ0n) is 10.6. The molecule has 6 heteroatoms. The van der Waals surface area contributed by atoms with Crippen LogP contribution in [0.4, 0.5) is 0 Å². The van der Waals surface area contributed by atoms with Gasteiger partial charge in [-0.3, -0.25) is 4.79 Å². The van der Waals surface area contributed by atoms with Gasteiger partial charge in [0.15, 0.2) is 5.84 Å². The van der Waals surface area contributed by atoms with Crippen molar-refractivity contribution in [1.82, 2.24) is 5.32 Å². The van der Waals surface area contributed by atoms with E-state index in [0.717, 1.165) is 0 Å². The summed E-state index contributed by atoms with van der Waals surface area (Å²) in [6.07, 6.45) is 1.38. The molecule has 0 aromatic carbocycles. The molecule has 17 heavy (non-hydrogen) atoms. The van der Waals surface area contributed by atoms with E-state index < -0.39 is 5.54 Å². The van der Waals surface area contributed by atoms with Crippen molar-refractivity contribution in [2.24, 2.45) is 16.8 Å². The summed E-state index contributed by atoms with van der Waals surface area (Å²) in [4.78, 5) is 12.0. The van der Waals surface area contributed by atoms with E-state index in [9.17, 15) is 4.79 Å². The fourth-order valence-electron chi connectivity index (χ4n) is 1.82. The first-order valence-corrected chi connectivity index (χ1v) is 5.84. The van der Waals surface area contributed by atoms with E-state index in [1.807, 2.05) is 13.8 Å². The molecule has 0 aliphatic carbocycles. The average molecular weight is 243 g/mol. The number of nitrogens with one attached hydrogen (secondary N) is 1. The first-order chi connectivity index (χ1) is 7.92. The molecule has 0 bridgehead atoms. The third-order valence-electron chi connectivity index (χ3n) is 3.35. The molecule has 1 fully saturated rings. The lowest BCUT2D eigenvalue weighted by molar-refractivity contribution is -0.126. The van der Waals surface area contributed by atoms with Gasteiger partial charge in [-0.25, -0.2) is 0 Å². The van der Waals surface area contributed by atoms with Gasteiger partial charge in [-0.15, -0.1) is 0 Å². The lowest BCUT2D eigenvalue weighted by Gasteiger charge is -2.29. The topological polar surface area (TPSA) is 96.9 Å². The fourth-order valence-corrected chi connectivity index (χ4v) is 1.82. The molecule has 4 N–H and O–H groups in total. The van der Waals surface area contributed by atoms with Gasteiger partial charge in [0.05, 0.1) is 24.2 Å². The Labute approximate surface area is 101 Å². The van der Waals surface area contributed by atoms with Gasteiger partial charge in [0.2, 0.25) is 5.91 Å². The molecule has 0 aromatic heterocycles. The smallest absolute Gasteiger partial charge is 0.226 e. The van der Waals surface area contributed by atoms with Crippen molar-refractivity contribution in [3.63, 3.8) is 0 Å². The molecule has 6 nitrogen and oxygen atoms in total. The largest absolute Gasteiger partial charge is 0.409 e. The van der Waals surface area contributed by atoms with Gasteiger partial charge < -0.3 is 21.0 Å². The van der Waals surface area contributed by atoms with Crippen molar-refractivity contribution in [2.45, 2.75) is 45.3 Å². The number of nitrogens with zero attached hydrogens (tertiary/aromatic N) is 1. The van der Waals surface area contributed by atoms with E-state index in [1.165, 1.54) is 0 Å². The number of carbonyl (C=O) groups excluding carboxylic acids is 1. The number of hydrogen-bond acceptors (Lipinski definition) is 4. The van der Waals surface area contributed by atoms with E-state index in [4.69, 9.17) is 15.7 Å². The molecule has 1 aliphatic rings. The SMILES string of the molecule is CCC(C)(NC(=O)C1COC(C)C1)C(N)=NO. The normalized spacial score (nSPS) is 28.8. The lowest BCUT2D eigenvalue weighted by Crippen LogP contribution is -2.56. The Hall–Kier alpha value is -1.30. The van der Waals surface area contributed by atoms with Gasteiger partial charge in [0, 0.05) is 0 Å². The zero-order chi connectivity index (χ0) is 13.1. The first-order valence-electron chi connectivity index (χ1n) is 5.84. The average Bonchev–Trinajstić information content (AvgIpc) is 2.74. The molecular formula is C11H21N3O3. The highest BCUT2D eigenvalue weighted by Crippen LogP contribution is 2.20. The number of amides is 1. The minimum atomic E-state index is -0.808. The Morgan fingerprint density at radius 1 is 1.71 bits per heavy atom. The van der Waals surface area contributed by atoms with Crippen molar-refractivity contribution in [3.8, 4) is 0 Å². The number of ether oxygens (including phenoxy) is 1. The number of amidine groups is 1. The van der Waals surface area contributed by atoms with Crippen LogP contribution in [0, 0.1) is 5.92 Å². The number of carbonyl (C=O) groups is 1. The quantitative estimate of drug-likeness (QED) is 0.289. The summed E-state index contributed by atoms with van der Waals surface area (Å²) in [7, 11) is 0. The Kier molecular flexibility index (Phi) is 4.34. The van der Waals surface area contributed by atoms with Gasteiger partial charge >= 0.3 is 0 Å². The molecule has 1 amide bonds. The molecule has 0 radical (unpaired) electrons. The van der Waals surface area contributed by atoms with Crippen LogP contribution in [0.1, 0.15) is 33.6 Å². The third-order valence-corrected chi connectivity index (χ3v) is 3.35. The van der Waals surface area contributed by atoms with Gasteiger partial charge in [0.25, 0.3) is 0 Å². The van der Waals surface area contributed by atoms with Crippen LogP contribution in [0.2, 0.25) is 0 Å². The summed E-state index contributed by atoms with van der Waals surface area (Å²) in [5.41, 5.74) is 4.78. The molecule has 3 unspecified atom stereocenters. The molecule has 0 aromatic rings. The highest BCUT2D eigenvalue weighted by Gasteiger charge is 2.35. The first kappa shape index (κ1) is 13.8. The molecule has 0 saturated carbocycles. The number of nitrogens with two attached hydrogens (primary N) is 1. The van der Waals surface area contributed by atoms with Crippen LogP contribution in [0.25, 0.3) is 0 Å². The van der Waals surface area contributed by atoms with Crippen LogP contribution in [0.5, 0.6) is 0 Å². The van der Waals surface area contributed by atoms with E-state index in [-0.39, 0.29) is 23.8 Å². The highest BCUT2D eigenvalue weighted by molar-refractivity contribution is 5.94. The van der Waals surface area contributed by atoms with Gasteiger partial charge in [-0.1, -0.05) is 12.1 Å². The van der Waals surface area contributed by atoms with E-state index in [2.05, 4.69) is 10.5 Å². The van der Waals surface area contributed by atoms with Crippen LogP contribution in [0.3, 0.4) is 0 Å². The van der Waals surface area contributed by atoms with Crippen molar-refractivity contribution >= 4 is 11.7 Å². The lowest BCUT2D eigenvalue weighted by atomic mass is 9.95. The Bertz CT molecular complexity index is 319. The summed E-state index contributed by atoms with van der Waals surface area (Å²) in [6, 6.07) is 0. The molecule has 1 saturated heterocycles. The van der Waals surface area contributed by atoms with Crippen LogP contribution in [0.15, 0.2) is 5.16 Å². The van der Waals surface area contributed by atoms with Crippen molar-refractivity contribution in [1.29, 1.82) is 0 Å². The maximum absolute atomic E-state index is 12.0. The van der Waals surface area contributed by atoms with Crippen LogP contribution in [-0.4, -0.2) is 35.2 Å². The van der Waals surface area contributed by atoms with E-state index in [0.29, 0.717) is 19.4 Å². The number of rotatable bonds is 4. The van der Waals surface area contributed by atoms with Gasteiger partial charge in [0.1, 0.15) is 0 Å². The second-order valence-electron chi connectivity index (χ2n) is 4.74. The summed E-state index contributed by atoms with van der Waals surface area (Å²) >= 11 is 0. The van der Waals surface area contributed by atoms with E-state index in [1.54, 1.807) is 6.92 Å². The standard InChI is InChI=1S/C11H21N3O3/c1-4-11(3,10(12)14-16)13-9(15)8-5-7(2)17-6-8/h7-8,16H,4-6H2,1-3H3,(H2,12,14)(H,13,15). The fraction of sp³-hybridized carbons (Fsp3) is 0.818.